The quantitative estimate of drug-likeness (QED) is 0.828. The molecule has 5 heteroatoms. The first-order valence-electron chi connectivity index (χ1n) is 7.53. The molecule has 0 unspecified atom stereocenters. The molecule has 0 atom stereocenters. The summed E-state index contributed by atoms with van der Waals surface area (Å²) in [7, 11) is 4.11. The zero-order valence-electron chi connectivity index (χ0n) is 13.1. The van der Waals surface area contributed by atoms with Gasteiger partial charge in [0.2, 0.25) is 0 Å². The van der Waals surface area contributed by atoms with Crippen LogP contribution in [0, 0.1) is 0 Å². The molecule has 0 amide bonds. The van der Waals surface area contributed by atoms with Crippen LogP contribution >= 0.6 is 0 Å². The highest BCUT2D eigenvalue weighted by atomic mass is 16.5. The fraction of sp³-hybridized carbons (Fsp3) is 0.625. The lowest BCUT2D eigenvalue weighted by molar-refractivity contribution is 0.0126. The fourth-order valence-electron chi connectivity index (χ4n) is 2.23. The Balaban J connectivity index is 2.00. The Labute approximate surface area is 127 Å². The van der Waals surface area contributed by atoms with Gasteiger partial charge in [-0.2, -0.15) is 0 Å². The van der Waals surface area contributed by atoms with Crippen molar-refractivity contribution in [2.24, 2.45) is 0 Å². The van der Waals surface area contributed by atoms with Crippen molar-refractivity contribution < 1.29 is 14.2 Å². The van der Waals surface area contributed by atoms with Gasteiger partial charge in [0.1, 0.15) is 0 Å². The van der Waals surface area contributed by atoms with Crippen LogP contribution < -0.4 is 9.80 Å². The molecule has 2 rings (SSSR count). The number of benzene rings is 1. The second-order valence-corrected chi connectivity index (χ2v) is 5.24. The lowest BCUT2D eigenvalue weighted by Crippen LogP contribution is -2.32. The summed E-state index contributed by atoms with van der Waals surface area (Å²) in [5, 5.41) is 0. The Bertz CT molecular complexity index is 400. The minimum absolute atomic E-state index is 0.638. The molecule has 5 nitrogen and oxygen atoms in total. The molecule has 0 aliphatic carbocycles. The summed E-state index contributed by atoms with van der Waals surface area (Å²) in [6.07, 6.45) is 0. The second kappa shape index (κ2) is 8.87. The van der Waals surface area contributed by atoms with E-state index >= 15 is 0 Å². The second-order valence-electron chi connectivity index (χ2n) is 5.24. The average Bonchev–Trinajstić information content (AvgIpc) is 2.48. The van der Waals surface area contributed by atoms with Crippen LogP contribution in [-0.2, 0) is 14.2 Å². The number of hydrogen-bond acceptors (Lipinski definition) is 5. The monoisotopic (exact) mass is 294 g/mol. The van der Waals surface area contributed by atoms with Crippen LogP contribution in [0.1, 0.15) is 0 Å². The van der Waals surface area contributed by atoms with Crippen LogP contribution in [0.4, 0.5) is 11.4 Å². The Morgan fingerprint density at radius 2 is 1.43 bits per heavy atom. The molecular weight excluding hydrogens is 268 g/mol. The molecule has 0 N–H and O–H groups in total. The van der Waals surface area contributed by atoms with Crippen molar-refractivity contribution in [3.05, 3.63) is 24.3 Å². The number of hydrogen-bond donors (Lipinski definition) is 0. The summed E-state index contributed by atoms with van der Waals surface area (Å²) in [5.41, 5.74) is 2.41. The molecule has 0 radical (unpaired) electrons. The minimum atomic E-state index is 0.638. The van der Waals surface area contributed by atoms with Gasteiger partial charge in [0.15, 0.2) is 0 Å². The molecule has 0 aromatic heterocycles. The lowest BCUT2D eigenvalue weighted by atomic mass is 10.2. The molecule has 1 fully saturated rings. The molecule has 1 heterocycles. The van der Waals surface area contributed by atoms with Crippen LogP contribution in [0.3, 0.4) is 0 Å². The Kier molecular flexibility index (Phi) is 6.79. The topological polar surface area (TPSA) is 34.2 Å². The van der Waals surface area contributed by atoms with Crippen molar-refractivity contribution in [2.45, 2.75) is 0 Å². The van der Waals surface area contributed by atoms with E-state index in [1.54, 1.807) is 0 Å². The van der Waals surface area contributed by atoms with Crippen molar-refractivity contribution >= 4 is 11.4 Å². The van der Waals surface area contributed by atoms with Crippen LogP contribution in [-0.4, -0.2) is 66.8 Å². The van der Waals surface area contributed by atoms with E-state index in [1.807, 2.05) is 0 Å². The third-order valence-electron chi connectivity index (χ3n) is 3.47. The average molecular weight is 294 g/mol. The molecule has 1 saturated heterocycles. The lowest BCUT2D eigenvalue weighted by Gasteiger charge is -2.26. The normalized spacial score (nSPS) is 18.7. The maximum Gasteiger partial charge on any atom is 0.0701 e. The first-order valence-corrected chi connectivity index (χ1v) is 7.53. The van der Waals surface area contributed by atoms with Crippen molar-refractivity contribution in [3.8, 4) is 0 Å². The van der Waals surface area contributed by atoms with Gasteiger partial charge in [-0.1, -0.05) is 6.07 Å². The summed E-state index contributed by atoms with van der Waals surface area (Å²) in [6, 6.07) is 8.55. The molecule has 1 aliphatic heterocycles. The zero-order chi connectivity index (χ0) is 14.9. The van der Waals surface area contributed by atoms with E-state index < -0.39 is 0 Å². The number of nitrogens with zero attached hydrogens (tertiary/aromatic N) is 2. The first kappa shape index (κ1) is 16.1. The summed E-state index contributed by atoms with van der Waals surface area (Å²) in [4.78, 5) is 4.43. The Hall–Kier alpha value is -1.30. The van der Waals surface area contributed by atoms with Crippen LogP contribution in [0.5, 0.6) is 0 Å². The van der Waals surface area contributed by atoms with E-state index in [0.29, 0.717) is 39.6 Å². The maximum absolute atomic E-state index is 5.62. The standard InChI is InChI=1S/C16H26N2O3/c1-17(2)15-4-3-5-16(14-15)18-6-8-19-10-12-21-13-11-20-9-7-18/h3-5,14H,6-13H2,1-2H3. The SMILES string of the molecule is CN(C)c1cccc(N2CCOCCOCCOCC2)c1. The molecule has 118 valence electrons. The molecule has 0 bridgehead atoms. The molecule has 1 aliphatic rings. The van der Waals surface area contributed by atoms with Crippen LogP contribution in [0.25, 0.3) is 0 Å². The van der Waals surface area contributed by atoms with E-state index in [0.717, 1.165) is 13.1 Å². The zero-order valence-corrected chi connectivity index (χ0v) is 13.1. The van der Waals surface area contributed by atoms with Gasteiger partial charge in [-0.15, -0.1) is 0 Å². The first-order chi connectivity index (χ1) is 10.3. The number of ether oxygens (including phenoxy) is 3. The third-order valence-corrected chi connectivity index (χ3v) is 3.47. The highest BCUT2D eigenvalue weighted by molar-refractivity contribution is 5.58. The smallest absolute Gasteiger partial charge is 0.0701 e. The van der Waals surface area contributed by atoms with Crippen LogP contribution in [0.15, 0.2) is 24.3 Å². The van der Waals surface area contributed by atoms with E-state index in [9.17, 15) is 0 Å². The van der Waals surface area contributed by atoms with Crippen molar-refractivity contribution in [2.75, 3.05) is 76.6 Å². The molecule has 0 saturated carbocycles. The summed E-state index contributed by atoms with van der Waals surface area (Å²) >= 11 is 0. The van der Waals surface area contributed by atoms with Gasteiger partial charge in [-0.25, -0.2) is 0 Å². The van der Waals surface area contributed by atoms with E-state index in [2.05, 4.69) is 48.2 Å². The Morgan fingerprint density at radius 3 is 2.00 bits per heavy atom. The molecule has 0 spiro atoms. The molecule has 1 aromatic rings. The van der Waals surface area contributed by atoms with Gasteiger partial charge in [0.05, 0.1) is 39.6 Å². The van der Waals surface area contributed by atoms with Gasteiger partial charge in [0, 0.05) is 38.6 Å². The van der Waals surface area contributed by atoms with E-state index in [-0.39, 0.29) is 0 Å². The molecule has 21 heavy (non-hydrogen) atoms. The van der Waals surface area contributed by atoms with Crippen molar-refractivity contribution in [1.82, 2.24) is 0 Å². The highest BCUT2D eigenvalue weighted by Gasteiger charge is 2.09. The van der Waals surface area contributed by atoms with Gasteiger partial charge in [-0.3, -0.25) is 0 Å². The predicted molar refractivity (Wildman–Crippen MR) is 85.4 cm³/mol. The van der Waals surface area contributed by atoms with Gasteiger partial charge in [-0.05, 0) is 18.2 Å². The fourth-order valence-corrected chi connectivity index (χ4v) is 2.23. The molecule has 1 aromatic carbocycles. The third kappa shape index (κ3) is 5.53. The van der Waals surface area contributed by atoms with Gasteiger partial charge >= 0.3 is 0 Å². The summed E-state index contributed by atoms with van der Waals surface area (Å²) < 4.78 is 16.6. The number of anilines is 2. The largest absolute Gasteiger partial charge is 0.378 e. The summed E-state index contributed by atoms with van der Waals surface area (Å²) in [6.45, 7) is 5.70. The van der Waals surface area contributed by atoms with Crippen molar-refractivity contribution in [1.29, 1.82) is 0 Å². The highest BCUT2D eigenvalue weighted by Crippen LogP contribution is 2.21. The van der Waals surface area contributed by atoms with E-state index in [4.69, 9.17) is 14.2 Å². The molecular formula is C16H26N2O3. The van der Waals surface area contributed by atoms with Gasteiger partial charge in [0.25, 0.3) is 0 Å². The predicted octanol–water partition coefficient (Wildman–Crippen LogP) is 1.62. The minimum Gasteiger partial charge on any atom is -0.378 e. The van der Waals surface area contributed by atoms with E-state index in [1.165, 1.54) is 11.4 Å². The summed E-state index contributed by atoms with van der Waals surface area (Å²) in [5.74, 6) is 0. The van der Waals surface area contributed by atoms with Crippen LogP contribution in [0.2, 0.25) is 0 Å². The van der Waals surface area contributed by atoms with Gasteiger partial charge < -0.3 is 24.0 Å². The van der Waals surface area contributed by atoms with Crippen molar-refractivity contribution in [3.63, 3.8) is 0 Å². The maximum atomic E-state index is 5.62. The Morgan fingerprint density at radius 1 is 0.857 bits per heavy atom. The number of rotatable bonds is 2.